The largest absolute Gasteiger partial charge is 0.506 e. The average molecular weight is 533 g/mol. The molecule has 4 rings (SSSR count). The summed E-state index contributed by atoms with van der Waals surface area (Å²) in [5.74, 6) is -14.8. The van der Waals surface area contributed by atoms with Crippen LogP contribution in [0.2, 0.25) is 0 Å². The van der Waals surface area contributed by atoms with E-state index in [4.69, 9.17) is 4.42 Å². The van der Waals surface area contributed by atoms with Gasteiger partial charge in [-0.3, -0.25) is 4.79 Å². The van der Waals surface area contributed by atoms with Crippen molar-refractivity contribution < 1.29 is 53.8 Å². The van der Waals surface area contributed by atoms with Crippen LogP contribution in [0.3, 0.4) is 0 Å². The first-order valence-corrected chi connectivity index (χ1v) is 9.71. The molecule has 0 saturated heterocycles. The number of benzene rings is 3. The maximum Gasteiger partial charge on any atom is 0.455 e. The van der Waals surface area contributed by atoms with Crippen LogP contribution in [0, 0.1) is 34.9 Å². The third-order valence-corrected chi connectivity index (χ3v) is 5.06. The fraction of sp³-hybridized carbons (Fsp3) is 0.0435. The number of hydrogen-bond donors (Lipinski definition) is 1. The number of aromatic hydroxyl groups is 1. The molecule has 0 radical (unpaired) electrons. The maximum absolute atomic E-state index is 14.0. The molecular formula is C23H8F9NO4. The zero-order valence-electron chi connectivity index (χ0n) is 17.6. The lowest BCUT2D eigenvalue weighted by molar-refractivity contribution is -0.0888. The number of carbonyl (C=O) groups excluding carboxylic acids is 1. The van der Waals surface area contributed by atoms with E-state index in [9.17, 15) is 54.2 Å². The van der Waals surface area contributed by atoms with Gasteiger partial charge in [0.1, 0.15) is 11.3 Å². The van der Waals surface area contributed by atoms with Crippen molar-refractivity contribution in [3.8, 4) is 5.75 Å². The Balaban J connectivity index is 1.99. The van der Waals surface area contributed by atoms with Gasteiger partial charge in [-0.05, 0) is 12.1 Å². The van der Waals surface area contributed by atoms with Gasteiger partial charge in [0.25, 0.3) is 5.78 Å². The molecular weight excluding hydrogens is 525 g/mol. The number of anilines is 3. The van der Waals surface area contributed by atoms with Crippen LogP contribution in [0.15, 0.2) is 51.7 Å². The van der Waals surface area contributed by atoms with Crippen molar-refractivity contribution in [1.29, 1.82) is 0 Å². The first-order chi connectivity index (χ1) is 17.2. The third kappa shape index (κ3) is 4.45. The van der Waals surface area contributed by atoms with Crippen LogP contribution >= 0.6 is 0 Å². The molecule has 3 aromatic carbocycles. The predicted molar refractivity (Wildman–Crippen MR) is 109 cm³/mol. The minimum absolute atomic E-state index is 0.360. The van der Waals surface area contributed by atoms with Crippen LogP contribution in [0.5, 0.6) is 5.75 Å². The highest BCUT2D eigenvalue weighted by Gasteiger charge is 2.43. The Hall–Kier alpha value is -4.49. The fourth-order valence-electron chi connectivity index (χ4n) is 3.44. The number of halogens is 9. The van der Waals surface area contributed by atoms with Crippen molar-refractivity contribution in [2.45, 2.75) is 6.18 Å². The lowest BCUT2D eigenvalue weighted by Gasteiger charge is -2.26. The quantitative estimate of drug-likeness (QED) is 0.140. The van der Waals surface area contributed by atoms with Crippen LogP contribution in [0.1, 0.15) is 10.4 Å². The van der Waals surface area contributed by atoms with E-state index in [1.807, 2.05) is 0 Å². The summed E-state index contributed by atoms with van der Waals surface area (Å²) in [6, 6.07) is 4.14. The SMILES string of the molecule is O=C(c1c(O)c2ccc(N(c3cc(F)c(F)c(F)c3)c3cc(F)c(F)c(F)c3)cc2oc1=O)C(F)(F)F. The standard InChI is InChI=1S/C23H8F9NO4/c24-12-3-9(4-13(25)18(12)28)33(10-5-14(26)19(29)15(27)6-10)8-1-2-11-16(7-8)37-22(36)17(20(11)34)21(35)23(30,31)32/h1-7,34H. The van der Waals surface area contributed by atoms with Crippen LogP contribution in [-0.4, -0.2) is 17.1 Å². The van der Waals surface area contributed by atoms with Gasteiger partial charge in [0, 0.05) is 36.0 Å². The number of nitrogens with zero attached hydrogens (tertiary/aromatic N) is 1. The molecule has 14 heteroatoms. The van der Waals surface area contributed by atoms with E-state index in [1.54, 1.807) is 0 Å². The highest BCUT2D eigenvalue weighted by molar-refractivity contribution is 6.06. The summed E-state index contributed by atoms with van der Waals surface area (Å²) < 4.78 is 126. The molecule has 0 aliphatic rings. The maximum atomic E-state index is 14.0. The summed E-state index contributed by atoms with van der Waals surface area (Å²) >= 11 is 0. The van der Waals surface area contributed by atoms with E-state index in [0.29, 0.717) is 29.2 Å². The summed E-state index contributed by atoms with van der Waals surface area (Å²) in [6.07, 6.45) is -5.54. The first-order valence-electron chi connectivity index (χ1n) is 9.71. The third-order valence-electron chi connectivity index (χ3n) is 5.06. The second-order valence-electron chi connectivity index (χ2n) is 7.40. The molecule has 1 N–H and O–H groups in total. The molecule has 0 unspecified atom stereocenters. The van der Waals surface area contributed by atoms with E-state index in [-0.39, 0.29) is 5.69 Å². The Morgan fingerprint density at radius 2 is 1.22 bits per heavy atom. The number of rotatable bonds is 4. The van der Waals surface area contributed by atoms with Crippen LogP contribution in [0.4, 0.5) is 56.6 Å². The highest BCUT2D eigenvalue weighted by Crippen LogP contribution is 2.40. The summed E-state index contributed by atoms with van der Waals surface area (Å²) in [6.45, 7) is 0. The van der Waals surface area contributed by atoms with Gasteiger partial charge in [-0.2, -0.15) is 13.2 Å². The van der Waals surface area contributed by atoms with Gasteiger partial charge in [-0.1, -0.05) is 0 Å². The topological polar surface area (TPSA) is 70.8 Å². The predicted octanol–water partition coefficient (Wildman–Crippen LogP) is 6.55. The monoisotopic (exact) mass is 533 g/mol. The minimum Gasteiger partial charge on any atom is -0.506 e. The van der Waals surface area contributed by atoms with Crippen LogP contribution < -0.4 is 10.5 Å². The lowest BCUT2D eigenvalue weighted by atomic mass is 10.1. The Bertz CT molecular complexity index is 1540. The molecule has 192 valence electrons. The smallest absolute Gasteiger partial charge is 0.455 e. The molecule has 0 aliphatic heterocycles. The number of fused-ring (bicyclic) bond motifs is 1. The lowest BCUT2D eigenvalue weighted by Crippen LogP contribution is -2.28. The Morgan fingerprint density at radius 3 is 1.65 bits per heavy atom. The van der Waals surface area contributed by atoms with Gasteiger partial charge in [0.15, 0.2) is 40.5 Å². The van der Waals surface area contributed by atoms with Crippen molar-refractivity contribution in [2.75, 3.05) is 4.90 Å². The van der Waals surface area contributed by atoms with Gasteiger partial charge >= 0.3 is 11.8 Å². The summed E-state index contributed by atoms with van der Waals surface area (Å²) in [5, 5.41) is 9.56. The van der Waals surface area contributed by atoms with Crippen LogP contribution in [-0.2, 0) is 0 Å². The second kappa shape index (κ2) is 8.87. The molecule has 0 bridgehead atoms. The second-order valence-corrected chi connectivity index (χ2v) is 7.40. The Morgan fingerprint density at radius 1 is 0.757 bits per heavy atom. The van der Waals surface area contributed by atoms with Gasteiger partial charge in [0.05, 0.1) is 16.8 Å². The molecule has 0 spiro atoms. The van der Waals surface area contributed by atoms with Crippen molar-refractivity contribution >= 4 is 33.8 Å². The molecule has 0 saturated carbocycles. The summed E-state index contributed by atoms with van der Waals surface area (Å²) in [7, 11) is 0. The minimum atomic E-state index is -5.54. The van der Waals surface area contributed by atoms with E-state index in [2.05, 4.69) is 0 Å². The number of hydrogen-bond acceptors (Lipinski definition) is 5. The van der Waals surface area contributed by atoms with E-state index in [1.165, 1.54) is 0 Å². The van der Waals surface area contributed by atoms with Gasteiger partial charge < -0.3 is 14.4 Å². The molecule has 0 fully saturated rings. The molecule has 1 heterocycles. The van der Waals surface area contributed by atoms with E-state index >= 15 is 0 Å². The van der Waals surface area contributed by atoms with Gasteiger partial charge in [-0.25, -0.2) is 31.1 Å². The summed E-state index contributed by atoms with van der Waals surface area (Å²) in [5.41, 5.74) is -5.87. The molecule has 0 atom stereocenters. The van der Waals surface area contributed by atoms with Crippen molar-refractivity contribution in [3.05, 3.63) is 93.4 Å². The highest BCUT2D eigenvalue weighted by atomic mass is 19.4. The number of Topliss-reactive ketones (excluding diaryl/α,β-unsaturated/α-hetero) is 1. The van der Waals surface area contributed by atoms with E-state index < -0.39 is 86.1 Å². The summed E-state index contributed by atoms with van der Waals surface area (Å²) in [4.78, 5) is 24.3. The van der Waals surface area contributed by atoms with Gasteiger partial charge in [-0.15, -0.1) is 0 Å². The number of alkyl halides is 3. The average Bonchev–Trinajstić information content (AvgIpc) is 2.80. The van der Waals surface area contributed by atoms with Crippen molar-refractivity contribution in [2.24, 2.45) is 0 Å². The zero-order valence-corrected chi connectivity index (χ0v) is 17.6. The number of carbonyl (C=O) groups is 1. The van der Waals surface area contributed by atoms with Crippen molar-refractivity contribution in [1.82, 2.24) is 0 Å². The molecule has 37 heavy (non-hydrogen) atoms. The Labute approximate surface area is 198 Å². The van der Waals surface area contributed by atoms with Crippen LogP contribution in [0.25, 0.3) is 11.0 Å². The molecule has 1 aromatic heterocycles. The number of ketones is 1. The molecule has 5 nitrogen and oxygen atoms in total. The van der Waals surface area contributed by atoms with Crippen molar-refractivity contribution in [3.63, 3.8) is 0 Å². The molecule has 0 amide bonds. The molecule has 0 aliphatic carbocycles. The Kier molecular flexibility index (Phi) is 6.14. The first kappa shape index (κ1) is 25.6. The van der Waals surface area contributed by atoms with Gasteiger partial charge in [0.2, 0.25) is 0 Å². The van der Waals surface area contributed by atoms with E-state index in [0.717, 1.165) is 18.2 Å². The normalized spacial score (nSPS) is 11.7. The molecule has 4 aromatic rings. The zero-order chi connectivity index (χ0) is 27.4. The fourth-order valence-corrected chi connectivity index (χ4v) is 3.44.